The van der Waals surface area contributed by atoms with Crippen molar-refractivity contribution in [1.82, 2.24) is 4.98 Å². The lowest BCUT2D eigenvalue weighted by molar-refractivity contribution is 0.0737. The molecule has 2 aliphatic carbocycles. The summed E-state index contributed by atoms with van der Waals surface area (Å²) in [5.41, 5.74) is 5.06. The highest BCUT2D eigenvalue weighted by Gasteiger charge is 2.25. The molecule has 0 radical (unpaired) electrons. The van der Waals surface area contributed by atoms with Gasteiger partial charge in [0, 0.05) is 11.9 Å². The van der Waals surface area contributed by atoms with E-state index in [-0.39, 0.29) is 4.90 Å². The third-order valence-corrected chi connectivity index (χ3v) is 6.98. The molecule has 4 N–H and O–H groups in total. The molecule has 2 amide bonds. The Morgan fingerprint density at radius 3 is 2.31 bits per heavy atom. The number of benzene rings is 1. The van der Waals surface area contributed by atoms with E-state index in [4.69, 9.17) is 5.14 Å². The average molecular weight is 415 g/mol. The van der Waals surface area contributed by atoms with Gasteiger partial charge < -0.3 is 10.4 Å². The third-order valence-electron chi connectivity index (χ3n) is 5.62. The molecule has 0 spiro atoms. The van der Waals surface area contributed by atoms with Crippen LogP contribution in [-0.4, -0.2) is 20.3 Å². The largest absolute Gasteiger partial charge is 0.384 e. The first-order valence-corrected chi connectivity index (χ1v) is 11.4. The van der Waals surface area contributed by atoms with Crippen molar-refractivity contribution in [2.45, 2.75) is 62.9 Å². The number of hydrogen-bond acceptors (Lipinski definition) is 4. The van der Waals surface area contributed by atoms with E-state index in [1.807, 2.05) is 0 Å². The molecule has 0 fully saturated rings. The van der Waals surface area contributed by atoms with Gasteiger partial charge in [-0.1, -0.05) is 6.07 Å². The van der Waals surface area contributed by atoms with E-state index in [0.717, 1.165) is 44.2 Å². The number of pyridine rings is 1. The highest BCUT2D eigenvalue weighted by atomic mass is 32.2. The number of nitrogens with two attached hydrogens (primary N) is 1. The van der Waals surface area contributed by atoms with Gasteiger partial charge >= 0.3 is 6.03 Å². The molecule has 7 nitrogen and oxygen atoms in total. The molecule has 0 bridgehead atoms. The van der Waals surface area contributed by atoms with Crippen LogP contribution in [-0.2, 0) is 41.2 Å². The molecule has 8 heteroatoms. The maximum Gasteiger partial charge on any atom is 0.354 e. The molecular formula is C21H26N4O3S. The van der Waals surface area contributed by atoms with E-state index < -0.39 is 21.5 Å². The summed E-state index contributed by atoms with van der Waals surface area (Å²) in [7, 11) is -3.45. The van der Waals surface area contributed by atoms with Crippen molar-refractivity contribution >= 4 is 21.6 Å². The summed E-state index contributed by atoms with van der Waals surface area (Å²) in [6, 6.07) is 4.58. The number of nitrogens with one attached hydrogen (secondary N) is 1. The summed E-state index contributed by atoms with van der Waals surface area (Å²) in [6.07, 6.45) is 7.35. The number of aromatic nitrogens is 1. The lowest BCUT2D eigenvalue weighted by Gasteiger charge is -2.17. The molecule has 1 heterocycles. The summed E-state index contributed by atoms with van der Waals surface area (Å²) in [5.74, 6) is 0. The van der Waals surface area contributed by atoms with Crippen molar-refractivity contribution in [3.63, 3.8) is 0 Å². The van der Waals surface area contributed by atoms with Crippen molar-refractivity contribution in [2.24, 2.45) is 9.50 Å². The molecule has 154 valence electrons. The third kappa shape index (κ3) is 3.92. The lowest BCUT2D eigenvalue weighted by atomic mass is 9.99. The first-order valence-electron chi connectivity index (χ1n) is 9.86. The Balaban J connectivity index is 1.63. The second kappa shape index (κ2) is 7.19. The average Bonchev–Trinajstić information content (AvgIpc) is 3.29. The summed E-state index contributed by atoms with van der Waals surface area (Å²) in [4.78, 5) is 16.9. The molecular weight excluding hydrogens is 388 g/mol. The Morgan fingerprint density at radius 1 is 1.17 bits per heavy atom. The van der Waals surface area contributed by atoms with Gasteiger partial charge in [0.2, 0.25) is 0 Å². The fraction of sp³-hybridized carbons (Fsp3) is 0.429. The van der Waals surface area contributed by atoms with Crippen LogP contribution in [0.5, 0.6) is 0 Å². The number of hydrogen-bond donors (Lipinski definition) is 3. The molecule has 2 aliphatic rings. The van der Waals surface area contributed by atoms with E-state index in [2.05, 4.69) is 20.7 Å². The molecule has 1 unspecified atom stereocenters. The van der Waals surface area contributed by atoms with Crippen LogP contribution in [0.3, 0.4) is 0 Å². The maximum atomic E-state index is 12.9. The second-order valence-electron chi connectivity index (χ2n) is 8.26. The monoisotopic (exact) mass is 414 g/mol. The number of aryl methyl sites for hydroxylation is 2. The number of aliphatic hydroxyl groups is 1. The molecule has 0 saturated heterocycles. The minimum atomic E-state index is -3.45. The van der Waals surface area contributed by atoms with Crippen LogP contribution in [0, 0.1) is 0 Å². The predicted molar refractivity (Wildman–Crippen MR) is 112 cm³/mol. The Labute approximate surface area is 171 Å². The quantitative estimate of drug-likeness (QED) is 0.714. The van der Waals surface area contributed by atoms with Crippen LogP contribution in [0.15, 0.2) is 33.7 Å². The first kappa shape index (κ1) is 20.0. The van der Waals surface area contributed by atoms with Gasteiger partial charge in [0.25, 0.3) is 0 Å². The number of fused-ring (bicyclic) bond motifs is 2. The fourth-order valence-electron chi connectivity index (χ4n) is 4.19. The topological polar surface area (TPSA) is 118 Å². The zero-order valence-corrected chi connectivity index (χ0v) is 17.5. The van der Waals surface area contributed by atoms with Crippen LogP contribution >= 0.6 is 0 Å². The second-order valence-corrected chi connectivity index (χ2v) is 10.1. The van der Waals surface area contributed by atoms with Gasteiger partial charge in [0.05, 0.1) is 10.6 Å². The van der Waals surface area contributed by atoms with Crippen molar-refractivity contribution in [3.8, 4) is 0 Å². The number of amides is 2. The van der Waals surface area contributed by atoms with Crippen molar-refractivity contribution in [1.29, 1.82) is 0 Å². The van der Waals surface area contributed by atoms with E-state index in [1.165, 1.54) is 40.6 Å². The van der Waals surface area contributed by atoms with E-state index in [1.54, 1.807) is 13.8 Å². The Morgan fingerprint density at radius 2 is 1.79 bits per heavy atom. The molecule has 1 aromatic carbocycles. The number of urea groups is 1. The zero-order valence-electron chi connectivity index (χ0n) is 16.7. The van der Waals surface area contributed by atoms with Crippen molar-refractivity contribution in [3.05, 3.63) is 52.3 Å². The highest BCUT2D eigenvalue weighted by Crippen LogP contribution is 2.38. The van der Waals surface area contributed by atoms with Crippen LogP contribution in [0.2, 0.25) is 0 Å². The number of carbonyl (C=O) groups excluding carboxylic acids is 1. The molecule has 4 rings (SSSR count). The van der Waals surface area contributed by atoms with E-state index in [0.29, 0.717) is 5.69 Å². The standard InChI is InChI=1S/C21H26N4O3S/c1-21(2,27)18-10-9-15(12-23-18)29(22,28)25-20(26)24-19-16-7-3-5-13(16)11-14-6-4-8-17(14)19/h9-12,27H,3-8H2,1-2H3,(H3,22,24,25,26,28). The predicted octanol–water partition coefficient (Wildman–Crippen LogP) is 3.22. The maximum absolute atomic E-state index is 12.9. The van der Waals surface area contributed by atoms with E-state index in [9.17, 15) is 14.1 Å². The van der Waals surface area contributed by atoms with Crippen LogP contribution in [0.1, 0.15) is 54.6 Å². The van der Waals surface area contributed by atoms with Gasteiger partial charge in [-0.05, 0) is 86.8 Å². The van der Waals surface area contributed by atoms with Crippen molar-refractivity contribution < 1.29 is 14.1 Å². The summed E-state index contributed by atoms with van der Waals surface area (Å²) >= 11 is 0. The first-order chi connectivity index (χ1) is 13.6. The Kier molecular flexibility index (Phi) is 4.96. The normalized spacial score (nSPS) is 17.4. The minimum absolute atomic E-state index is 0.143. The van der Waals surface area contributed by atoms with Gasteiger partial charge in [-0.3, -0.25) is 4.98 Å². The Bertz CT molecular complexity index is 1060. The number of rotatable bonds is 3. The van der Waals surface area contributed by atoms with Crippen LogP contribution in [0.25, 0.3) is 0 Å². The van der Waals surface area contributed by atoms with Crippen LogP contribution in [0.4, 0.5) is 10.5 Å². The summed E-state index contributed by atoms with van der Waals surface area (Å²) in [5, 5.41) is 18.7. The Hall–Kier alpha value is -2.29. The molecule has 0 saturated carbocycles. The van der Waals surface area contributed by atoms with Gasteiger partial charge in [0.1, 0.15) is 15.5 Å². The molecule has 29 heavy (non-hydrogen) atoms. The molecule has 2 aromatic rings. The van der Waals surface area contributed by atoms with Gasteiger partial charge in [-0.2, -0.15) is 0 Å². The zero-order chi connectivity index (χ0) is 20.8. The minimum Gasteiger partial charge on any atom is -0.384 e. The summed E-state index contributed by atoms with van der Waals surface area (Å²) in [6.45, 7) is 3.20. The molecule has 1 atom stereocenters. The number of nitrogens with zero attached hydrogens (tertiary/aromatic N) is 2. The summed E-state index contributed by atoms with van der Waals surface area (Å²) < 4.78 is 16.6. The van der Waals surface area contributed by atoms with E-state index >= 15 is 0 Å². The molecule has 1 aromatic heterocycles. The van der Waals surface area contributed by atoms with Gasteiger partial charge in [0.15, 0.2) is 0 Å². The van der Waals surface area contributed by atoms with Crippen molar-refractivity contribution in [2.75, 3.05) is 5.32 Å². The highest BCUT2D eigenvalue weighted by molar-refractivity contribution is 7.91. The number of carbonyl (C=O) groups is 1. The molecule has 0 aliphatic heterocycles. The fourth-order valence-corrected chi connectivity index (χ4v) is 5.05. The SMILES string of the molecule is CC(C)(O)c1ccc(S(N)(=O)=NC(=O)Nc2c3c(cc4c2CCC4)CCC3)cn1. The van der Waals surface area contributed by atoms with Gasteiger partial charge in [-0.25, -0.2) is 14.1 Å². The number of anilines is 1. The lowest BCUT2D eigenvalue weighted by Crippen LogP contribution is -2.21. The smallest absolute Gasteiger partial charge is 0.354 e. The van der Waals surface area contributed by atoms with Gasteiger partial charge in [-0.15, -0.1) is 4.36 Å². The van der Waals surface area contributed by atoms with Crippen LogP contribution < -0.4 is 10.5 Å².